The van der Waals surface area contributed by atoms with E-state index in [1.165, 1.54) is 51.4 Å². The Morgan fingerprint density at radius 3 is 1.91 bits per heavy atom. The summed E-state index contributed by atoms with van der Waals surface area (Å²) in [6.45, 7) is 1.89. The number of hydrogen-bond acceptors (Lipinski definition) is 5. The highest BCUT2D eigenvalue weighted by atomic mass is 32.2. The van der Waals surface area contributed by atoms with Gasteiger partial charge in [0.1, 0.15) is 12.9 Å². The fourth-order valence-corrected chi connectivity index (χ4v) is 2.61. The topological polar surface area (TPSA) is 69.7 Å². The highest BCUT2D eigenvalue weighted by molar-refractivity contribution is 7.75. The first kappa shape index (κ1) is 21.2. The first-order chi connectivity index (χ1) is 10.7. The minimum absolute atomic E-state index is 0.243. The van der Waals surface area contributed by atoms with E-state index in [-0.39, 0.29) is 13.0 Å². The number of carbonyl (C=O) groups is 2. The van der Waals surface area contributed by atoms with Crippen LogP contribution in [-0.4, -0.2) is 23.1 Å². The van der Waals surface area contributed by atoms with Gasteiger partial charge in [0.2, 0.25) is 0 Å². The molecule has 0 fully saturated rings. The third kappa shape index (κ3) is 15.6. The molecular formula is C16H30O5S. The van der Waals surface area contributed by atoms with Crippen LogP contribution in [0.1, 0.15) is 84.0 Å². The molecule has 0 rings (SSSR count). The lowest BCUT2D eigenvalue weighted by Gasteiger charge is -2.03. The second-order valence-corrected chi connectivity index (χ2v) is 6.21. The zero-order valence-corrected chi connectivity index (χ0v) is 14.5. The first-order valence-corrected chi connectivity index (χ1v) is 9.40. The first-order valence-electron chi connectivity index (χ1n) is 8.40. The van der Waals surface area contributed by atoms with Crippen molar-refractivity contribution in [3.8, 4) is 0 Å². The molecule has 0 aliphatic rings. The smallest absolute Gasteiger partial charge is 0.343 e. The van der Waals surface area contributed by atoms with Crippen molar-refractivity contribution >= 4 is 23.6 Å². The molecule has 1 atom stereocenters. The third-order valence-corrected chi connectivity index (χ3v) is 4.03. The zero-order chi connectivity index (χ0) is 16.5. The summed E-state index contributed by atoms with van der Waals surface area (Å²) in [5.74, 6) is -0.542. The van der Waals surface area contributed by atoms with E-state index >= 15 is 0 Å². The Hall–Kier alpha value is -0.750. The van der Waals surface area contributed by atoms with Crippen molar-refractivity contribution in [2.45, 2.75) is 84.0 Å². The van der Waals surface area contributed by atoms with Crippen LogP contribution in [0.3, 0.4) is 0 Å². The third-order valence-electron chi connectivity index (χ3n) is 3.38. The Labute approximate surface area is 137 Å². The van der Waals surface area contributed by atoms with E-state index in [0.29, 0.717) is 6.29 Å². The van der Waals surface area contributed by atoms with Gasteiger partial charge >= 0.3 is 17.3 Å². The minimum Gasteiger partial charge on any atom is -0.343 e. The van der Waals surface area contributed by atoms with Gasteiger partial charge in [-0.3, -0.25) is 8.98 Å². The van der Waals surface area contributed by atoms with Gasteiger partial charge in [-0.05, 0) is 6.42 Å². The normalized spacial score (nSPS) is 12.0. The largest absolute Gasteiger partial charge is 0.363 e. The van der Waals surface area contributed by atoms with Gasteiger partial charge in [-0.25, -0.2) is 0 Å². The molecule has 22 heavy (non-hydrogen) atoms. The SMILES string of the molecule is CCCCCCCCCCCCCC(=O)OS(=O)OCC=O. The summed E-state index contributed by atoms with van der Waals surface area (Å²) in [4.78, 5) is 21.3. The van der Waals surface area contributed by atoms with E-state index in [0.717, 1.165) is 19.3 Å². The molecule has 0 aliphatic carbocycles. The highest BCUT2D eigenvalue weighted by Crippen LogP contribution is 2.12. The van der Waals surface area contributed by atoms with Crippen LogP contribution in [0.15, 0.2) is 0 Å². The molecule has 0 spiro atoms. The maximum atomic E-state index is 11.3. The Morgan fingerprint density at radius 2 is 1.41 bits per heavy atom. The molecule has 0 radical (unpaired) electrons. The predicted molar refractivity (Wildman–Crippen MR) is 87.3 cm³/mol. The molecule has 0 aromatic heterocycles. The molecule has 0 heterocycles. The highest BCUT2D eigenvalue weighted by Gasteiger charge is 2.09. The van der Waals surface area contributed by atoms with Gasteiger partial charge in [0, 0.05) is 6.42 Å². The average Bonchev–Trinajstić information content (AvgIpc) is 2.50. The van der Waals surface area contributed by atoms with Gasteiger partial charge in [-0.1, -0.05) is 71.1 Å². The van der Waals surface area contributed by atoms with Crippen molar-refractivity contribution in [2.24, 2.45) is 0 Å². The van der Waals surface area contributed by atoms with Crippen molar-refractivity contribution < 1.29 is 22.2 Å². The molecule has 0 saturated carbocycles. The lowest BCUT2D eigenvalue weighted by atomic mass is 10.1. The van der Waals surface area contributed by atoms with E-state index in [1.54, 1.807) is 0 Å². The summed E-state index contributed by atoms with van der Waals surface area (Å²) in [6.07, 6.45) is 14.0. The Morgan fingerprint density at radius 1 is 0.909 bits per heavy atom. The lowest BCUT2D eigenvalue weighted by Crippen LogP contribution is -2.10. The zero-order valence-electron chi connectivity index (χ0n) is 13.7. The summed E-state index contributed by atoms with van der Waals surface area (Å²) in [6, 6.07) is 0. The molecule has 130 valence electrons. The fourth-order valence-electron chi connectivity index (χ4n) is 2.16. The van der Waals surface area contributed by atoms with Crippen LogP contribution >= 0.6 is 0 Å². The van der Waals surface area contributed by atoms with Crippen molar-refractivity contribution in [1.82, 2.24) is 0 Å². The Bertz CT molecular complexity index is 307. The Kier molecular flexibility index (Phi) is 16.1. The monoisotopic (exact) mass is 334 g/mol. The van der Waals surface area contributed by atoms with E-state index in [4.69, 9.17) is 0 Å². The summed E-state index contributed by atoms with van der Waals surface area (Å²) in [7, 11) is 0. The van der Waals surface area contributed by atoms with Crippen LogP contribution in [-0.2, 0) is 29.3 Å². The maximum Gasteiger partial charge on any atom is 0.363 e. The predicted octanol–water partition coefficient (Wildman–Crippen LogP) is 4.02. The average molecular weight is 334 g/mol. The molecule has 1 unspecified atom stereocenters. The van der Waals surface area contributed by atoms with Gasteiger partial charge in [0.15, 0.2) is 0 Å². The van der Waals surface area contributed by atoms with Gasteiger partial charge in [-0.2, -0.15) is 4.21 Å². The minimum atomic E-state index is -2.15. The summed E-state index contributed by atoms with van der Waals surface area (Å²) in [5, 5.41) is 0. The van der Waals surface area contributed by atoms with Gasteiger partial charge in [0.05, 0.1) is 0 Å². The second kappa shape index (κ2) is 16.6. The van der Waals surface area contributed by atoms with Crippen molar-refractivity contribution in [2.75, 3.05) is 6.61 Å². The molecule has 0 aromatic carbocycles. The number of carbonyl (C=O) groups excluding carboxylic acids is 2. The van der Waals surface area contributed by atoms with Crippen LogP contribution in [0.2, 0.25) is 0 Å². The molecule has 0 bridgehead atoms. The molecule has 0 saturated heterocycles. The number of hydrogen-bond donors (Lipinski definition) is 0. The van der Waals surface area contributed by atoms with Gasteiger partial charge < -0.3 is 8.98 Å². The quantitative estimate of drug-likeness (QED) is 0.315. The van der Waals surface area contributed by atoms with Crippen LogP contribution in [0.25, 0.3) is 0 Å². The number of unbranched alkanes of at least 4 members (excludes halogenated alkanes) is 10. The van der Waals surface area contributed by atoms with Crippen LogP contribution in [0, 0.1) is 0 Å². The van der Waals surface area contributed by atoms with Gasteiger partial charge in [0.25, 0.3) is 0 Å². The molecule has 0 N–H and O–H groups in total. The molecule has 0 amide bonds. The van der Waals surface area contributed by atoms with Crippen LogP contribution in [0.5, 0.6) is 0 Å². The number of rotatable bonds is 16. The molecule has 0 aromatic rings. The summed E-state index contributed by atoms with van der Waals surface area (Å²) >= 11 is -2.15. The summed E-state index contributed by atoms with van der Waals surface area (Å²) < 4.78 is 19.9. The van der Waals surface area contributed by atoms with Crippen molar-refractivity contribution in [3.63, 3.8) is 0 Å². The standard InChI is InChI=1S/C16H30O5S/c1-2-3-4-5-6-7-8-9-10-11-12-13-16(18)21-22(19)20-15-14-17/h14H,2-13,15H2,1H3. The van der Waals surface area contributed by atoms with Gasteiger partial charge in [-0.15, -0.1) is 0 Å². The second-order valence-electron chi connectivity index (χ2n) is 5.40. The summed E-state index contributed by atoms with van der Waals surface area (Å²) in [5.41, 5.74) is 0. The van der Waals surface area contributed by atoms with Crippen molar-refractivity contribution in [1.29, 1.82) is 0 Å². The van der Waals surface area contributed by atoms with Crippen LogP contribution < -0.4 is 0 Å². The number of aldehydes is 1. The molecule has 5 nitrogen and oxygen atoms in total. The lowest BCUT2D eigenvalue weighted by molar-refractivity contribution is -0.134. The van der Waals surface area contributed by atoms with E-state index in [1.807, 2.05) is 0 Å². The van der Waals surface area contributed by atoms with E-state index in [9.17, 15) is 13.8 Å². The van der Waals surface area contributed by atoms with E-state index in [2.05, 4.69) is 15.3 Å². The fraction of sp³-hybridized carbons (Fsp3) is 0.875. The van der Waals surface area contributed by atoms with Crippen molar-refractivity contribution in [3.05, 3.63) is 0 Å². The Balaban J connectivity index is 3.26. The van der Waals surface area contributed by atoms with E-state index < -0.39 is 17.3 Å². The molecule has 0 aliphatic heterocycles. The molecular weight excluding hydrogens is 304 g/mol. The van der Waals surface area contributed by atoms with Crippen LogP contribution in [0.4, 0.5) is 0 Å². The molecule has 6 heteroatoms. The maximum absolute atomic E-state index is 11.3.